The maximum Gasteiger partial charge on any atom is 0.335 e. The molecule has 1 aliphatic rings. The first-order valence-corrected chi connectivity index (χ1v) is 9.68. The smallest absolute Gasteiger partial charge is 0.335 e. The molecule has 5 N–H and O–H groups in total. The molecule has 2 aromatic carbocycles. The molecule has 148 valence electrons. The molecule has 0 fully saturated rings. The van der Waals surface area contributed by atoms with Gasteiger partial charge in [0.25, 0.3) is 0 Å². The van der Waals surface area contributed by atoms with E-state index in [0.29, 0.717) is 24.1 Å². The minimum absolute atomic E-state index is 0.101. The van der Waals surface area contributed by atoms with Crippen molar-refractivity contribution in [1.29, 1.82) is 0 Å². The summed E-state index contributed by atoms with van der Waals surface area (Å²) in [7, 11) is 0. The molecule has 3 rings (SSSR count). The van der Waals surface area contributed by atoms with Crippen LogP contribution in [0.2, 0.25) is 0 Å². The number of fused-ring (bicyclic) bond motifs is 1. The molecule has 6 heteroatoms. The van der Waals surface area contributed by atoms with Crippen LogP contribution in [0.5, 0.6) is 0 Å². The Hall–Kier alpha value is -2.86. The summed E-state index contributed by atoms with van der Waals surface area (Å²) in [6, 6.07) is 14.3. The maximum atomic E-state index is 12.0. The molecule has 28 heavy (non-hydrogen) atoms. The highest BCUT2D eigenvalue weighted by Crippen LogP contribution is 2.41. The monoisotopic (exact) mass is 381 g/mol. The zero-order valence-corrected chi connectivity index (χ0v) is 16.0. The van der Waals surface area contributed by atoms with E-state index in [-0.39, 0.29) is 17.6 Å². The van der Waals surface area contributed by atoms with Gasteiger partial charge in [-0.05, 0) is 66.5 Å². The van der Waals surface area contributed by atoms with Crippen LogP contribution in [-0.4, -0.2) is 23.7 Å². The van der Waals surface area contributed by atoms with Gasteiger partial charge in [0.2, 0.25) is 0 Å². The van der Waals surface area contributed by atoms with Gasteiger partial charge in [0.05, 0.1) is 5.56 Å². The number of urea groups is 1. The Morgan fingerprint density at radius 1 is 1.11 bits per heavy atom. The van der Waals surface area contributed by atoms with Crippen LogP contribution in [0.3, 0.4) is 0 Å². The average Bonchev–Trinajstić information content (AvgIpc) is 2.69. The highest BCUT2D eigenvalue weighted by Gasteiger charge is 2.29. The first-order valence-electron chi connectivity index (χ1n) is 9.68. The number of aromatic carboxylic acids is 1. The largest absolute Gasteiger partial charge is 0.478 e. The molecule has 2 aromatic rings. The molecule has 0 aliphatic heterocycles. The first-order chi connectivity index (χ1) is 13.5. The first kappa shape index (κ1) is 19.9. The van der Waals surface area contributed by atoms with Gasteiger partial charge < -0.3 is 21.5 Å². The van der Waals surface area contributed by atoms with Crippen molar-refractivity contribution in [3.8, 4) is 0 Å². The Labute approximate surface area is 165 Å². The number of nitrogens with two attached hydrogens (primary N) is 1. The predicted molar refractivity (Wildman–Crippen MR) is 110 cm³/mol. The number of carbonyl (C=O) groups excluding carboxylic acids is 1. The molecule has 3 atom stereocenters. The lowest BCUT2D eigenvalue weighted by molar-refractivity contribution is 0.0697. The molecule has 0 heterocycles. The van der Waals surface area contributed by atoms with Crippen molar-refractivity contribution >= 4 is 17.7 Å². The molecule has 0 bridgehead atoms. The second kappa shape index (κ2) is 8.89. The summed E-state index contributed by atoms with van der Waals surface area (Å²) in [5.41, 5.74) is 9.69. The summed E-state index contributed by atoms with van der Waals surface area (Å²) in [6.45, 7) is 2.78. The van der Waals surface area contributed by atoms with E-state index in [1.807, 2.05) is 6.07 Å². The summed E-state index contributed by atoms with van der Waals surface area (Å²) in [4.78, 5) is 22.9. The number of carboxylic acid groups (broad SMARTS) is 1. The van der Waals surface area contributed by atoms with Crippen LogP contribution >= 0.6 is 0 Å². The average molecular weight is 381 g/mol. The van der Waals surface area contributed by atoms with Gasteiger partial charge in [0.15, 0.2) is 0 Å². The van der Waals surface area contributed by atoms with Crippen LogP contribution in [0.4, 0.5) is 10.5 Å². The van der Waals surface area contributed by atoms with Crippen LogP contribution in [-0.2, 0) is 0 Å². The number of anilines is 1. The van der Waals surface area contributed by atoms with Crippen molar-refractivity contribution in [2.24, 2.45) is 11.7 Å². The number of nitrogens with one attached hydrogen (secondary N) is 2. The van der Waals surface area contributed by atoms with Crippen molar-refractivity contribution in [3.05, 3.63) is 65.2 Å². The Morgan fingerprint density at radius 2 is 1.79 bits per heavy atom. The number of carbonyl (C=O) groups is 2. The zero-order valence-electron chi connectivity index (χ0n) is 16.0. The van der Waals surface area contributed by atoms with Gasteiger partial charge in [-0.3, -0.25) is 0 Å². The zero-order chi connectivity index (χ0) is 20.1. The van der Waals surface area contributed by atoms with Gasteiger partial charge in [-0.1, -0.05) is 31.2 Å². The summed E-state index contributed by atoms with van der Waals surface area (Å²) in [5, 5.41) is 14.5. The van der Waals surface area contributed by atoms with E-state index in [9.17, 15) is 9.59 Å². The topological polar surface area (TPSA) is 104 Å². The Morgan fingerprint density at radius 3 is 2.46 bits per heavy atom. The highest BCUT2D eigenvalue weighted by molar-refractivity contribution is 5.91. The van der Waals surface area contributed by atoms with Gasteiger partial charge in [0, 0.05) is 18.3 Å². The fourth-order valence-corrected chi connectivity index (χ4v) is 3.91. The third-order valence-electron chi connectivity index (χ3n) is 5.47. The highest BCUT2D eigenvalue weighted by atomic mass is 16.4. The van der Waals surface area contributed by atoms with Crippen LogP contribution < -0.4 is 16.4 Å². The van der Waals surface area contributed by atoms with Crippen molar-refractivity contribution < 1.29 is 14.7 Å². The number of benzene rings is 2. The van der Waals surface area contributed by atoms with Crippen LogP contribution in [0, 0.1) is 5.92 Å². The number of hydrogen-bond donors (Lipinski definition) is 4. The number of amides is 2. The van der Waals surface area contributed by atoms with E-state index >= 15 is 0 Å². The number of rotatable bonds is 6. The molecular formula is C22H27N3O3. The Balaban J connectivity index is 1.46. The second-order valence-corrected chi connectivity index (χ2v) is 7.47. The van der Waals surface area contributed by atoms with Crippen LogP contribution in [0.15, 0.2) is 48.5 Å². The van der Waals surface area contributed by atoms with E-state index in [1.54, 1.807) is 12.1 Å². The molecule has 2 amide bonds. The van der Waals surface area contributed by atoms with Crippen LogP contribution in [0.25, 0.3) is 0 Å². The van der Waals surface area contributed by atoms with Gasteiger partial charge >= 0.3 is 12.0 Å². The summed E-state index contributed by atoms with van der Waals surface area (Å²) in [6.07, 6.45) is 2.95. The molecule has 0 saturated carbocycles. The predicted octanol–water partition coefficient (Wildman–Crippen LogP) is 4.11. The third-order valence-corrected chi connectivity index (χ3v) is 5.47. The standard InChI is InChI=1S/C22H27N3O3/c1-14-13-16(18-6-2-3-7-19(18)20(14)23)5-4-12-24-22(28)25-17-10-8-15(9-11-17)21(26)27/h2-3,6-11,14,16,20H,4-5,12-13,23H2,1H3,(H,26,27)(H2,24,25,28). The minimum Gasteiger partial charge on any atom is -0.478 e. The fourth-order valence-electron chi connectivity index (χ4n) is 3.91. The molecule has 0 spiro atoms. The van der Waals surface area contributed by atoms with Gasteiger partial charge in [-0.25, -0.2) is 9.59 Å². The molecule has 1 aliphatic carbocycles. The SMILES string of the molecule is CC1CC(CCCNC(=O)Nc2ccc(C(=O)O)cc2)c2ccccc2C1N. The van der Waals surface area contributed by atoms with Crippen LogP contribution in [0.1, 0.15) is 59.6 Å². The molecule has 0 aromatic heterocycles. The van der Waals surface area contributed by atoms with Crippen molar-refractivity contribution in [1.82, 2.24) is 5.32 Å². The fraction of sp³-hybridized carbons (Fsp3) is 0.364. The maximum absolute atomic E-state index is 12.0. The summed E-state index contributed by atoms with van der Waals surface area (Å²) in [5.74, 6) is -0.0695. The van der Waals surface area contributed by atoms with Crippen molar-refractivity contribution in [2.45, 2.75) is 38.1 Å². The number of carboxylic acids is 1. The summed E-state index contributed by atoms with van der Waals surface area (Å²) < 4.78 is 0. The quantitative estimate of drug-likeness (QED) is 0.565. The molecule has 3 unspecified atom stereocenters. The Kier molecular flexibility index (Phi) is 6.31. The van der Waals surface area contributed by atoms with E-state index in [4.69, 9.17) is 10.8 Å². The van der Waals surface area contributed by atoms with Gasteiger partial charge in [-0.2, -0.15) is 0 Å². The normalized spacial score (nSPS) is 20.9. The lowest BCUT2D eigenvalue weighted by atomic mass is 9.73. The van der Waals surface area contributed by atoms with Crippen molar-refractivity contribution in [3.63, 3.8) is 0 Å². The van der Waals surface area contributed by atoms with Crippen molar-refractivity contribution in [2.75, 3.05) is 11.9 Å². The van der Waals surface area contributed by atoms with E-state index in [2.05, 4.69) is 35.8 Å². The Bertz CT molecular complexity index is 835. The third kappa shape index (κ3) is 4.70. The lowest BCUT2D eigenvalue weighted by Gasteiger charge is -2.34. The minimum atomic E-state index is -0.990. The van der Waals surface area contributed by atoms with E-state index in [1.165, 1.54) is 23.3 Å². The van der Waals surface area contributed by atoms with E-state index in [0.717, 1.165) is 19.3 Å². The molecule has 0 radical (unpaired) electrons. The molecular weight excluding hydrogens is 354 g/mol. The molecule has 6 nitrogen and oxygen atoms in total. The summed E-state index contributed by atoms with van der Waals surface area (Å²) >= 11 is 0. The van der Waals surface area contributed by atoms with Gasteiger partial charge in [-0.15, -0.1) is 0 Å². The molecule has 0 saturated heterocycles. The lowest BCUT2D eigenvalue weighted by Crippen LogP contribution is -2.30. The van der Waals surface area contributed by atoms with Gasteiger partial charge in [0.1, 0.15) is 0 Å². The van der Waals surface area contributed by atoms with E-state index < -0.39 is 5.97 Å². The number of hydrogen-bond acceptors (Lipinski definition) is 3. The second-order valence-electron chi connectivity index (χ2n) is 7.47.